The molecule has 1 aliphatic rings. The van der Waals surface area contributed by atoms with Crippen LogP contribution in [0.15, 0.2) is 40.9 Å². The molecule has 0 spiro atoms. The third-order valence-electron chi connectivity index (χ3n) is 4.28. The molecule has 21 heavy (non-hydrogen) atoms. The van der Waals surface area contributed by atoms with E-state index in [0.717, 1.165) is 27.3 Å². The summed E-state index contributed by atoms with van der Waals surface area (Å²) in [4.78, 5) is 0. The van der Waals surface area contributed by atoms with Crippen molar-refractivity contribution >= 4 is 33.2 Å². The molecule has 0 fully saturated rings. The van der Waals surface area contributed by atoms with E-state index in [9.17, 15) is 0 Å². The molecule has 0 saturated carbocycles. The Morgan fingerprint density at radius 1 is 1.29 bits per heavy atom. The highest BCUT2D eigenvalue weighted by atomic mass is 79.9. The molecule has 0 bridgehead atoms. The first-order valence-electron chi connectivity index (χ1n) is 7.42. The quantitative estimate of drug-likeness (QED) is 0.710. The summed E-state index contributed by atoms with van der Waals surface area (Å²) in [6, 6.07) is 12.9. The average molecular weight is 365 g/mol. The minimum Gasteiger partial charge on any atom is -0.383 e. The Bertz CT molecular complexity index is 654. The fraction of sp³-hybridized carbons (Fsp3) is 0.333. The van der Waals surface area contributed by atoms with Crippen LogP contribution in [0, 0.1) is 6.92 Å². The SMILES string of the molecule is Cc1cc(Br)c(NCC2CCCc3ccccc32)cc1Cl. The number of nitrogens with one attached hydrogen (secondary N) is 1. The van der Waals surface area contributed by atoms with Crippen LogP contribution in [0.3, 0.4) is 0 Å². The molecule has 2 aromatic carbocycles. The van der Waals surface area contributed by atoms with E-state index in [0.29, 0.717) is 5.92 Å². The number of fused-ring (bicyclic) bond motifs is 1. The van der Waals surface area contributed by atoms with Gasteiger partial charge in [-0.25, -0.2) is 0 Å². The van der Waals surface area contributed by atoms with Gasteiger partial charge in [0.1, 0.15) is 0 Å². The molecule has 1 unspecified atom stereocenters. The number of rotatable bonds is 3. The number of hydrogen-bond donors (Lipinski definition) is 1. The fourth-order valence-corrected chi connectivity index (χ4v) is 3.84. The third-order valence-corrected chi connectivity index (χ3v) is 5.34. The molecule has 0 heterocycles. The summed E-state index contributed by atoms with van der Waals surface area (Å²) in [5, 5.41) is 4.37. The predicted octanol–water partition coefficient (Wildman–Crippen LogP) is 5.94. The lowest BCUT2D eigenvalue weighted by Crippen LogP contribution is -2.18. The van der Waals surface area contributed by atoms with E-state index in [-0.39, 0.29) is 0 Å². The van der Waals surface area contributed by atoms with Crippen LogP contribution in [-0.2, 0) is 6.42 Å². The summed E-state index contributed by atoms with van der Waals surface area (Å²) in [5.41, 5.74) is 5.19. The first-order chi connectivity index (χ1) is 10.1. The molecule has 0 aliphatic heterocycles. The zero-order chi connectivity index (χ0) is 14.8. The molecule has 1 N–H and O–H groups in total. The fourth-order valence-electron chi connectivity index (χ4n) is 3.08. The molecule has 0 radical (unpaired) electrons. The van der Waals surface area contributed by atoms with Gasteiger partial charge in [-0.15, -0.1) is 0 Å². The maximum atomic E-state index is 6.23. The maximum absolute atomic E-state index is 6.23. The molecule has 0 saturated heterocycles. The largest absolute Gasteiger partial charge is 0.383 e. The Hall–Kier alpha value is -0.990. The molecule has 3 rings (SSSR count). The van der Waals surface area contributed by atoms with Crippen LogP contribution in [-0.4, -0.2) is 6.54 Å². The maximum Gasteiger partial charge on any atom is 0.0499 e. The van der Waals surface area contributed by atoms with Gasteiger partial charge in [-0.05, 0) is 70.9 Å². The van der Waals surface area contributed by atoms with Crippen molar-refractivity contribution in [1.29, 1.82) is 0 Å². The van der Waals surface area contributed by atoms with Gasteiger partial charge in [-0.3, -0.25) is 0 Å². The van der Waals surface area contributed by atoms with E-state index in [1.165, 1.54) is 30.4 Å². The molecule has 110 valence electrons. The molecule has 0 amide bonds. The van der Waals surface area contributed by atoms with E-state index >= 15 is 0 Å². The van der Waals surface area contributed by atoms with Crippen molar-refractivity contribution in [3.63, 3.8) is 0 Å². The molecular weight excluding hydrogens is 346 g/mol. The van der Waals surface area contributed by atoms with E-state index < -0.39 is 0 Å². The first kappa shape index (κ1) is 14.9. The zero-order valence-corrected chi connectivity index (χ0v) is 14.5. The number of benzene rings is 2. The molecule has 2 aromatic rings. The smallest absolute Gasteiger partial charge is 0.0499 e. The van der Waals surface area contributed by atoms with Gasteiger partial charge in [0, 0.05) is 27.6 Å². The van der Waals surface area contributed by atoms with Gasteiger partial charge in [-0.2, -0.15) is 0 Å². The second-order valence-electron chi connectivity index (χ2n) is 5.75. The van der Waals surface area contributed by atoms with Crippen molar-refractivity contribution in [2.75, 3.05) is 11.9 Å². The minimum atomic E-state index is 0.585. The van der Waals surface area contributed by atoms with Gasteiger partial charge in [0.25, 0.3) is 0 Å². The summed E-state index contributed by atoms with van der Waals surface area (Å²) in [6.45, 7) is 2.98. The lowest BCUT2D eigenvalue weighted by atomic mass is 9.83. The van der Waals surface area contributed by atoms with Crippen LogP contribution >= 0.6 is 27.5 Å². The Kier molecular flexibility index (Phi) is 4.56. The number of aryl methyl sites for hydroxylation is 2. The van der Waals surface area contributed by atoms with Crippen molar-refractivity contribution < 1.29 is 0 Å². The first-order valence-corrected chi connectivity index (χ1v) is 8.59. The highest BCUT2D eigenvalue weighted by Gasteiger charge is 2.19. The van der Waals surface area contributed by atoms with Crippen LogP contribution in [0.25, 0.3) is 0 Å². The Labute approximate surface area is 139 Å². The van der Waals surface area contributed by atoms with Crippen LogP contribution in [0.1, 0.15) is 35.4 Å². The summed E-state index contributed by atoms with van der Waals surface area (Å²) in [5.74, 6) is 0.585. The van der Waals surface area contributed by atoms with Crippen molar-refractivity contribution in [3.8, 4) is 0 Å². The molecular formula is C18H19BrClN. The van der Waals surface area contributed by atoms with E-state index in [1.54, 1.807) is 0 Å². The molecule has 0 aromatic heterocycles. The number of hydrogen-bond acceptors (Lipinski definition) is 1. The predicted molar refractivity (Wildman–Crippen MR) is 94.5 cm³/mol. The average Bonchev–Trinajstić information content (AvgIpc) is 2.49. The second kappa shape index (κ2) is 6.41. The topological polar surface area (TPSA) is 12.0 Å². The van der Waals surface area contributed by atoms with Crippen molar-refractivity contribution in [2.45, 2.75) is 32.1 Å². The molecule has 1 aliphatic carbocycles. The van der Waals surface area contributed by atoms with Crippen LogP contribution in [0.2, 0.25) is 5.02 Å². The summed E-state index contributed by atoms with van der Waals surface area (Å²) < 4.78 is 1.08. The van der Waals surface area contributed by atoms with E-state index in [1.807, 2.05) is 13.0 Å². The zero-order valence-electron chi connectivity index (χ0n) is 12.1. The highest BCUT2D eigenvalue weighted by molar-refractivity contribution is 9.10. The molecule has 1 nitrogen and oxygen atoms in total. The summed E-state index contributed by atoms with van der Waals surface area (Å²) >= 11 is 9.84. The van der Waals surface area contributed by atoms with Gasteiger partial charge in [0.05, 0.1) is 0 Å². The Morgan fingerprint density at radius 2 is 2.10 bits per heavy atom. The lowest BCUT2D eigenvalue weighted by Gasteiger charge is -2.26. The second-order valence-corrected chi connectivity index (χ2v) is 7.01. The highest BCUT2D eigenvalue weighted by Crippen LogP contribution is 2.33. The van der Waals surface area contributed by atoms with E-state index in [4.69, 9.17) is 11.6 Å². The van der Waals surface area contributed by atoms with Crippen molar-refractivity contribution in [1.82, 2.24) is 0 Å². The van der Waals surface area contributed by atoms with Gasteiger partial charge >= 0.3 is 0 Å². The van der Waals surface area contributed by atoms with Crippen LogP contribution in [0.4, 0.5) is 5.69 Å². The number of anilines is 1. The van der Waals surface area contributed by atoms with E-state index in [2.05, 4.69) is 51.6 Å². The third kappa shape index (κ3) is 3.27. The molecule has 3 heteroatoms. The van der Waals surface area contributed by atoms with Crippen molar-refractivity contribution in [3.05, 3.63) is 62.6 Å². The van der Waals surface area contributed by atoms with Gasteiger partial charge in [0.2, 0.25) is 0 Å². The lowest BCUT2D eigenvalue weighted by molar-refractivity contribution is 0.571. The van der Waals surface area contributed by atoms with Crippen LogP contribution < -0.4 is 5.32 Å². The minimum absolute atomic E-state index is 0.585. The molecule has 1 atom stereocenters. The monoisotopic (exact) mass is 363 g/mol. The Balaban J connectivity index is 1.76. The van der Waals surface area contributed by atoms with Gasteiger partial charge in [0.15, 0.2) is 0 Å². The van der Waals surface area contributed by atoms with Gasteiger partial charge < -0.3 is 5.32 Å². The summed E-state index contributed by atoms with van der Waals surface area (Å²) in [6.07, 6.45) is 3.74. The summed E-state index contributed by atoms with van der Waals surface area (Å²) in [7, 11) is 0. The number of halogens is 2. The standard InChI is InChI=1S/C18H19BrClN/c1-12-9-16(19)18(10-17(12)20)21-11-14-7-4-6-13-5-2-3-8-15(13)14/h2-3,5,8-10,14,21H,4,6-7,11H2,1H3. The van der Waals surface area contributed by atoms with Crippen LogP contribution in [0.5, 0.6) is 0 Å². The van der Waals surface area contributed by atoms with Gasteiger partial charge in [-0.1, -0.05) is 35.9 Å². The Morgan fingerprint density at radius 3 is 2.95 bits per heavy atom. The van der Waals surface area contributed by atoms with Crippen molar-refractivity contribution in [2.24, 2.45) is 0 Å². The normalized spacial score (nSPS) is 17.4.